The van der Waals surface area contributed by atoms with Gasteiger partial charge in [0.25, 0.3) is 0 Å². The van der Waals surface area contributed by atoms with E-state index in [9.17, 15) is 5.11 Å². The molecule has 1 aromatic rings. The van der Waals surface area contributed by atoms with E-state index in [1.807, 2.05) is 6.07 Å². The zero-order chi connectivity index (χ0) is 11.7. The number of aromatic hydroxyl groups is 1. The molecule has 2 nitrogen and oxygen atoms in total. The fourth-order valence-electron chi connectivity index (χ4n) is 2.35. The van der Waals surface area contributed by atoms with Crippen LogP contribution in [0.3, 0.4) is 0 Å². The standard InChI is InChI=1S/C13H18BrNO/c1-8-6-12(14)13(16)11(9(8)2)7-10-4-3-5-15-10/h6,10,15-16H,3-5,7H2,1-2H3. The molecule has 1 atom stereocenters. The van der Waals surface area contributed by atoms with Crippen LogP contribution in [0.25, 0.3) is 0 Å². The lowest BCUT2D eigenvalue weighted by Gasteiger charge is -2.16. The van der Waals surface area contributed by atoms with Crippen LogP contribution < -0.4 is 5.32 Å². The topological polar surface area (TPSA) is 32.3 Å². The Labute approximate surface area is 105 Å². The molecule has 2 N–H and O–H groups in total. The van der Waals surface area contributed by atoms with Crippen LogP contribution >= 0.6 is 15.9 Å². The maximum absolute atomic E-state index is 10.1. The van der Waals surface area contributed by atoms with Gasteiger partial charge in [0.2, 0.25) is 0 Å². The van der Waals surface area contributed by atoms with Gasteiger partial charge in [0.15, 0.2) is 0 Å². The van der Waals surface area contributed by atoms with Crippen LogP contribution in [-0.4, -0.2) is 17.7 Å². The van der Waals surface area contributed by atoms with E-state index < -0.39 is 0 Å². The Morgan fingerprint density at radius 2 is 2.25 bits per heavy atom. The van der Waals surface area contributed by atoms with Crippen molar-refractivity contribution < 1.29 is 5.11 Å². The molecule has 2 rings (SSSR count). The Bertz CT molecular complexity index is 371. The SMILES string of the molecule is Cc1cc(Br)c(O)c(CC2CCCN2)c1C. The molecule has 1 unspecified atom stereocenters. The molecule has 88 valence electrons. The summed E-state index contributed by atoms with van der Waals surface area (Å²) < 4.78 is 0.809. The fraction of sp³-hybridized carbons (Fsp3) is 0.538. The Kier molecular flexibility index (Phi) is 3.55. The third-order valence-electron chi connectivity index (χ3n) is 3.51. The number of phenols is 1. The largest absolute Gasteiger partial charge is 0.506 e. The van der Waals surface area contributed by atoms with Crippen molar-refractivity contribution in [2.45, 2.75) is 39.2 Å². The summed E-state index contributed by atoms with van der Waals surface area (Å²) in [5.74, 6) is 0.414. The van der Waals surface area contributed by atoms with Gasteiger partial charge in [-0.3, -0.25) is 0 Å². The van der Waals surface area contributed by atoms with Crippen LogP contribution in [0.1, 0.15) is 29.5 Å². The second-order valence-electron chi connectivity index (χ2n) is 4.62. The minimum atomic E-state index is 0.414. The maximum Gasteiger partial charge on any atom is 0.133 e. The van der Waals surface area contributed by atoms with Gasteiger partial charge >= 0.3 is 0 Å². The molecule has 1 saturated heterocycles. The number of aryl methyl sites for hydroxylation is 1. The Morgan fingerprint density at radius 3 is 2.88 bits per heavy atom. The van der Waals surface area contributed by atoms with Crippen molar-refractivity contribution in [1.29, 1.82) is 0 Å². The van der Waals surface area contributed by atoms with Crippen molar-refractivity contribution in [1.82, 2.24) is 5.32 Å². The first-order valence-corrected chi connectivity index (χ1v) is 6.60. The second-order valence-corrected chi connectivity index (χ2v) is 5.48. The van der Waals surface area contributed by atoms with Gasteiger partial charge in [-0.1, -0.05) is 0 Å². The molecule has 1 aromatic carbocycles. The van der Waals surface area contributed by atoms with Crippen LogP contribution in [0.15, 0.2) is 10.5 Å². The second kappa shape index (κ2) is 4.76. The van der Waals surface area contributed by atoms with Crippen LogP contribution in [0.2, 0.25) is 0 Å². The third-order valence-corrected chi connectivity index (χ3v) is 4.12. The van der Waals surface area contributed by atoms with Crippen molar-refractivity contribution in [2.24, 2.45) is 0 Å². The predicted molar refractivity (Wildman–Crippen MR) is 70.0 cm³/mol. The van der Waals surface area contributed by atoms with Gasteiger partial charge in [-0.15, -0.1) is 0 Å². The monoisotopic (exact) mass is 283 g/mol. The van der Waals surface area contributed by atoms with E-state index in [4.69, 9.17) is 0 Å². The lowest BCUT2D eigenvalue weighted by Crippen LogP contribution is -2.24. The first-order valence-electron chi connectivity index (χ1n) is 5.80. The molecule has 0 radical (unpaired) electrons. The van der Waals surface area contributed by atoms with Gasteiger partial charge in [-0.05, 0) is 78.3 Å². The summed E-state index contributed by atoms with van der Waals surface area (Å²) in [6.45, 7) is 5.29. The lowest BCUT2D eigenvalue weighted by atomic mass is 9.96. The maximum atomic E-state index is 10.1. The molecular weight excluding hydrogens is 266 g/mol. The van der Waals surface area contributed by atoms with E-state index in [1.54, 1.807) is 0 Å². The Morgan fingerprint density at radius 1 is 1.50 bits per heavy atom. The van der Waals surface area contributed by atoms with E-state index in [0.29, 0.717) is 11.8 Å². The number of rotatable bonds is 2. The van der Waals surface area contributed by atoms with Gasteiger partial charge in [0, 0.05) is 6.04 Å². The molecule has 0 spiro atoms. The predicted octanol–water partition coefficient (Wildman–Crippen LogP) is 3.07. The highest BCUT2D eigenvalue weighted by Gasteiger charge is 2.19. The molecule has 0 aromatic heterocycles. The third kappa shape index (κ3) is 2.25. The van der Waals surface area contributed by atoms with Crippen LogP contribution in [0.5, 0.6) is 5.75 Å². The van der Waals surface area contributed by atoms with Gasteiger partial charge in [-0.25, -0.2) is 0 Å². The van der Waals surface area contributed by atoms with Crippen LogP contribution in [-0.2, 0) is 6.42 Å². The summed E-state index contributed by atoms with van der Waals surface area (Å²) in [5.41, 5.74) is 3.54. The highest BCUT2D eigenvalue weighted by atomic mass is 79.9. The summed E-state index contributed by atoms with van der Waals surface area (Å²) >= 11 is 3.41. The molecule has 0 saturated carbocycles. The van der Waals surface area contributed by atoms with E-state index in [2.05, 4.69) is 35.1 Å². The lowest BCUT2D eigenvalue weighted by molar-refractivity contribution is 0.457. The van der Waals surface area contributed by atoms with E-state index in [0.717, 1.165) is 23.0 Å². The van der Waals surface area contributed by atoms with Gasteiger partial charge < -0.3 is 10.4 Å². The number of hydrogen-bond acceptors (Lipinski definition) is 2. The van der Waals surface area contributed by atoms with Gasteiger partial charge in [0.1, 0.15) is 5.75 Å². The van der Waals surface area contributed by atoms with Crippen LogP contribution in [0, 0.1) is 13.8 Å². The van der Waals surface area contributed by atoms with E-state index in [1.165, 1.54) is 24.0 Å². The first kappa shape index (κ1) is 11.9. The van der Waals surface area contributed by atoms with Crippen molar-refractivity contribution in [3.8, 4) is 5.75 Å². The smallest absolute Gasteiger partial charge is 0.133 e. The number of halogens is 1. The average Bonchev–Trinajstić information content (AvgIpc) is 2.74. The van der Waals surface area contributed by atoms with Crippen molar-refractivity contribution in [3.63, 3.8) is 0 Å². The van der Waals surface area contributed by atoms with Crippen molar-refractivity contribution in [2.75, 3.05) is 6.54 Å². The molecule has 0 bridgehead atoms. The highest BCUT2D eigenvalue weighted by molar-refractivity contribution is 9.10. The zero-order valence-electron chi connectivity index (χ0n) is 9.81. The molecule has 1 aliphatic rings. The van der Waals surface area contributed by atoms with Crippen molar-refractivity contribution in [3.05, 3.63) is 27.2 Å². The quantitative estimate of drug-likeness (QED) is 0.874. The minimum Gasteiger partial charge on any atom is -0.506 e. The first-order chi connectivity index (χ1) is 7.59. The zero-order valence-corrected chi connectivity index (χ0v) is 11.4. The number of nitrogens with one attached hydrogen (secondary N) is 1. The summed E-state index contributed by atoms with van der Waals surface area (Å²) in [6.07, 6.45) is 3.39. The number of hydrogen-bond donors (Lipinski definition) is 2. The molecule has 0 aliphatic carbocycles. The summed E-state index contributed by atoms with van der Waals surface area (Å²) in [7, 11) is 0. The molecule has 16 heavy (non-hydrogen) atoms. The normalized spacial score (nSPS) is 20.3. The Balaban J connectivity index is 2.31. The summed E-state index contributed by atoms with van der Waals surface area (Å²) in [6, 6.07) is 2.51. The average molecular weight is 284 g/mol. The molecule has 3 heteroatoms. The Hall–Kier alpha value is -0.540. The van der Waals surface area contributed by atoms with Gasteiger partial charge in [-0.2, -0.15) is 0 Å². The molecular formula is C13H18BrNO. The van der Waals surface area contributed by atoms with E-state index >= 15 is 0 Å². The molecule has 1 fully saturated rings. The van der Waals surface area contributed by atoms with E-state index in [-0.39, 0.29) is 0 Å². The molecule has 1 heterocycles. The number of phenolic OH excluding ortho intramolecular Hbond substituents is 1. The molecule has 0 amide bonds. The number of benzene rings is 1. The van der Waals surface area contributed by atoms with Crippen LogP contribution in [0.4, 0.5) is 0 Å². The van der Waals surface area contributed by atoms with Crippen molar-refractivity contribution >= 4 is 15.9 Å². The minimum absolute atomic E-state index is 0.414. The summed E-state index contributed by atoms with van der Waals surface area (Å²) in [5, 5.41) is 13.6. The molecule has 1 aliphatic heterocycles. The highest BCUT2D eigenvalue weighted by Crippen LogP contribution is 2.34. The fourth-order valence-corrected chi connectivity index (χ4v) is 2.94. The van der Waals surface area contributed by atoms with Gasteiger partial charge in [0.05, 0.1) is 4.47 Å². The summed E-state index contributed by atoms with van der Waals surface area (Å²) in [4.78, 5) is 0.